The fourth-order valence-corrected chi connectivity index (χ4v) is 0.354. The lowest BCUT2D eigenvalue weighted by atomic mass is 10.5. The topological polar surface area (TPSA) is 52.6 Å². The predicted octanol–water partition coefficient (Wildman–Crippen LogP) is 0.113. The zero-order valence-electron chi connectivity index (χ0n) is 5.83. The Morgan fingerprint density at radius 2 is 2.20 bits per heavy atom. The molecule has 0 aliphatic heterocycles. The Bertz CT molecular complexity index is 110. The molecule has 4 nitrogen and oxygen atoms in total. The number of hydrogen-bond donors (Lipinski definition) is 0. The van der Waals surface area contributed by atoms with Crippen molar-refractivity contribution >= 4 is 12.4 Å². The van der Waals surface area contributed by atoms with E-state index in [1.54, 1.807) is 6.92 Å². The molecule has 0 amide bonds. The minimum absolute atomic E-state index is 0.134. The van der Waals surface area contributed by atoms with E-state index in [-0.39, 0.29) is 19.2 Å². The van der Waals surface area contributed by atoms with Gasteiger partial charge in [-0.15, -0.1) is 0 Å². The average molecular weight is 146 g/mol. The Morgan fingerprint density at radius 1 is 1.50 bits per heavy atom. The van der Waals surface area contributed by atoms with Crippen molar-refractivity contribution in [3.05, 3.63) is 0 Å². The number of rotatable bonds is 5. The zero-order chi connectivity index (χ0) is 7.82. The van der Waals surface area contributed by atoms with Crippen molar-refractivity contribution in [1.82, 2.24) is 0 Å². The minimum Gasteiger partial charge on any atom is -0.464 e. The normalized spacial score (nSPS) is 8.50. The molecule has 0 atom stereocenters. The summed E-state index contributed by atoms with van der Waals surface area (Å²) in [6.07, 6.45) is 0.348. The largest absolute Gasteiger partial charge is 0.464 e. The third-order valence-electron chi connectivity index (χ3n) is 0.821. The molecule has 10 heavy (non-hydrogen) atoms. The van der Waals surface area contributed by atoms with E-state index in [4.69, 9.17) is 0 Å². The SMILES string of the molecule is CCC(=O)OCCOC=O. The first-order chi connectivity index (χ1) is 4.81. The lowest BCUT2D eigenvalue weighted by molar-refractivity contribution is -0.146. The maximum absolute atomic E-state index is 10.4. The van der Waals surface area contributed by atoms with Crippen LogP contribution in [0.1, 0.15) is 13.3 Å². The molecule has 0 radical (unpaired) electrons. The molecule has 0 unspecified atom stereocenters. The van der Waals surface area contributed by atoms with Crippen molar-refractivity contribution in [2.75, 3.05) is 13.2 Å². The molecular weight excluding hydrogens is 136 g/mol. The van der Waals surface area contributed by atoms with Gasteiger partial charge < -0.3 is 9.47 Å². The third kappa shape index (κ3) is 5.08. The van der Waals surface area contributed by atoms with Gasteiger partial charge in [-0.25, -0.2) is 0 Å². The molecule has 0 heterocycles. The second kappa shape index (κ2) is 6.07. The van der Waals surface area contributed by atoms with Crippen LogP contribution in [0, 0.1) is 0 Å². The zero-order valence-corrected chi connectivity index (χ0v) is 5.83. The van der Waals surface area contributed by atoms with E-state index < -0.39 is 0 Å². The first kappa shape index (κ1) is 8.94. The van der Waals surface area contributed by atoms with Crippen molar-refractivity contribution in [1.29, 1.82) is 0 Å². The van der Waals surface area contributed by atoms with Crippen LogP contribution in [0.4, 0.5) is 0 Å². The molecule has 0 saturated heterocycles. The molecule has 0 fully saturated rings. The standard InChI is InChI=1S/C6H10O4/c1-2-6(8)10-4-3-9-5-7/h5H,2-4H2,1H3. The number of ether oxygens (including phenoxy) is 2. The third-order valence-corrected chi connectivity index (χ3v) is 0.821. The maximum atomic E-state index is 10.4. The molecule has 0 spiro atoms. The van der Waals surface area contributed by atoms with Crippen LogP contribution in [-0.4, -0.2) is 25.7 Å². The molecule has 0 aromatic rings. The molecule has 4 heteroatoms. The second-order valence-corrected chi connectivity index (χ2v) is 1.54. The summed E-state index contributed by atoms with van der Waals surface area (Å²) < 4.78 is 8.84. The summed E-state index contributed by atoms with van der Waals surface area (Å²) in [7, 11) is 0. The lowest BCUT2D eigenvalue weighted by Crippen LogP contribution is -2.08. The van der Waals surface area contributed by atoms with E-state index in [0.717, 1.165) is 0 Å². The van der Waals surface area contributed by atoms with E-state index in [9.17, 15) is 9.59 Å². The highest BCUT2D eigenvalue weighted by Gasteiger charge is 1.95. The molecular formula is C6H10O4. The molecule has 0 N–H and O–H groups in total. The Balaban J connectivity index is 3.03. The maximum Gasteiger partial charge on any atom is 0.305 e. The van der Waals surface area contributed by atoms with Crippen LogP contribution in [-0.2, 0) is 19.1 Å². The minimum atomic E-state index is -0.283. The number of carbonyl (C=O) groups is 2. The summed E-state index contributed by atoms with van der Waals surface area (Å²) in [5.41, 5.74) is 0. The summed E-state index contributed by atoms with van der Waals surface area (Å²) >= 11 is 0. The van der Waals surface area contributed by atoms with Gasteiger partial charge >= 0.3 is 5.97 Å². The van der Waals surface area contributed by atoms with Crippen LogP contribution < -0.4 is 0 Å². The van der Waals surface area contributed by atoms with Gasteiger partial charge in [-0.3, -0.25) is 9.59 Å². The van der Waals surface area contributed by atoms with E-state index >= 15 is 0 Å². The van der Waals surface area contributed by atoms with Crippen LogP contribution in [0.25, 0.3) is 0 Å². The number of hydrogen-bond acceptors (Lipinski definition) is 4. The fourth-order valence-electron chi connectivity index (χ4n) is 0.354. The Kier molecular flexibility index (Phi) is 5.42. The van der Waals surface area contributed by atoms with Crippen LogP contribution in [0.3, 0.4) is 0 Å². The van der Waals surface area contributed by atoms with Gasteiger partial charge in [-0.1, -0.05) is 6.92 Å². The van der Waals surface area contributed by atoms with Crippen molar-refractivity contribution in [3.63, 3.8) is 0 Å². The number of esters is 1. The van der Waals surface area contributed by atoms with E-state index in [0.29, 0.717) is 12.9 Å². The summed E-state index contributed by atoms with van der Waals surface area (Å²) in [5.74, 6) is -0.283. The van der Waals surface area contributed by atoms with Gasteiger partial charge in [0.2, 0.25) is 0 Å². The van der Waals surface area contributed by atoms with Crippen LogP contribution in [0.15, 0.2) is 0 Å². The molecule has 0 rings (SSSR count). The van der Waals surface area contributed by atoms with E-state index in [2.05, 4.69) is 9.47 Å². The molecule has 58 valence electrons. The van der Waals surface area contributed by atoms with Gasteiger partial charge in [-0.05, 0) is 0 Å². The highest BCUT2D eigenvalue weighted by atomic mass is 16.6. The van der Waals surface area contributed by atoms with Gasteiger partial charge in [0.15, 0.2) is 0 Å². The quantitative estimate of drug-likeness (QED) is 0.314. The molecule has 0 aliphatic rings. The monoisotopic (exact) mass is 146 g/mol. The average Bonchev–Trinajstić information content (AvgIpc) is 1.98. The summed E-state index contributed by atoms with van der Waals surface area (Å²) in [5, 5.41) is 0. The van der Waals surface area contributed by atoms with Crippen LogP contribution in [0.5, 0.6) is 0 Å². The number of carbonyl (C=O) groups excluding carboxylic acids is 2. The van der Waals surface area contributed by atoms with Gasteiger partial charge in [0.25, 0.3) is 6.47 Å². The van der Waals surface area contributed by atoms with Gasteiger partial charge in [0.1, 0.15) is 13.2 Å². The van der Waals surface area contributed by atoms with Crippen molar-refractivity contribution in [3.8, 4) is 0 Å². The van der Waals surface area contributed by atoms with Crippen LogP contribution >= 0.6 is 0 Å². The second-order valence-electron chi connectivity index (χ2n) is 1.54. The highest BCUT2D eigenvalue weighted by Crippen LogP contribution is 1.83. The fraction of sp³-hybridized carbons (Fsp3) is 0.667. The first-order valence-corrected chi connectivity index (χ1v) is 3.02. The summed E-state index contributed by atoms with van der Waals surface area (Å²) in [6, 6.07) is 0. The molecule has 0 aromatic carbocycles. The molecule has 0 bridgehead atoms. The molecule has 0 aromatic heterocycles. The Hall–Kier alpha value is -1.06. The smallest absolute Gasteiger partial charge is 0.305 e. The van der Waals surface area contributed by atoms with E-state index in [1.165, 1.54) is 0 Å². The van der Waals surface area contributed by atoms with Gasteiger partial charge in [0, 0.05) is 6.42 Å². The summed E-state index contributed by atoms with van der Waals surface area (Å²) in [6.45, 7) is 2.29. The highest BCUT2D eigenvalue weighted by molar-refractivity contribution is 5.68. The molecule has 0 aliphatic carbocycles. The molecule has 0 saturated carbocycles. The van der Waals surface area contributed by atoms with E-state index in [1.807, 2.05) is 0 Å². The van der Waals surface area contributed by atoms with Crippen molar-refractivity contribution in [2.45, 2.75) is 13.3 Å². The van der Waals surface area contributed by atoms with Crippen molar-refractivity contribution in [2.24, 2.45) is 0 Å². The van der Waals surface area contributed by atoms with Crippen molar-refractivity contribution < 1.29 is 19.1 Å². The Morgan fingerprint density at radius 3 is 2.70 bits per heavy atom. The summed E-state index contributed by atoms with van der Waals surface area (Å²) in [4.78, 5) is 20.0. The first-order valence-electron chi connectivity index (χ1n) is 3.02. The predicted molar refractivity (Wildman–Crippen MR) is 33.3 cm³/mol. The van der Waals surface area contributed by atoms with Gasteiger partial charge in [-0.2, -0.15) is 0 Å². The lowest BCUT2D eigenvalue weighted by Gasteiger charge is -2.00. The van der Waals surface area contributed by atoms with Gasteiger partial charge in [0.05, 0.1) is 0 Å². The van der Waals surface area contributed by atoms with Crippen LogP contribution in [0.2, 0.25) is 0 Å². The Labute approximate surface area is 59.1 Å².